The predicted molar refractivity (Wildman–Crippen MR) is 150 cm³/mol. The molecule has 0 aliphatic heterocycles. The Morgan fingerprint density at radius 3 is 1.19 bits per heavy atom. The molecule has 0 aliphatic carbocycles. The molecule has 0 saturated heterocycles. The summed E-state index contributed by atoms with van der Waals surface area (Å²) < 4.78 is -0.412. The van der Waals surface area contributed by atoms with E-state index in [1.54, 1.807) is 20.8 Å². The van der Waals surface area contributed by atoms with Crippen molar-refractivity contribution >= 4 is 17.9 Å². The number of rotatable bonds is 25. The normalized spacial score (nSPS) is 15.8. The van der Waals surface area contributed by atoms with E-state index in [0.717, 1.165) is 38.5 Å². The average Bonchev–Trinajstić information content (AvgIpc) is 2.84. The number of quaternary nitrogens is 1. The van der Waals surface area contributed by atoms with Gasteiger partial charge in [0.2, 0.25) is 0 Å². The molecule has 0 bridgehead atoms. The van der Waals surface area contributed by atoms with Crippen molar-refractivity contribution in [3.05, 3.63) is 12.2 Å². The highest BCUT2D eigenvalue weighted by molar-refractivity contribution is 5.78. The number of hydrogen-bond acceptors (Lipinski definition) is 3. The third-order valence-electron chi connectivity index (χ3n) is 7.81. The van der Waals surface area contributed by atoms with Crippen LogP contribution in [-0.2, 0) is 14.4 Å². The van der Waals surface area contributed by atoms with E-state index < -0.39 is 40.5 Å². The highest BCUT2D eigenvalue weighted by Crippen LogP contribution is 2.32. The van der Waals surface area contributed by atoms with Crippen molar-refractivity contribution in [3.63, 3.8) is 0 Å². The second-order valence-electron chi connectivity index (χ2n) is 10.4. The zero-order chi connectivity index (χ0) is 28.1. The molecule has 0 heterocycles. The first-order valence-corrected chi connectivity index (χ1v) is 14.9. The molecule has 0 radical (unpaired) electrons. The van der Waals surface area contributed by atoms with E-state index in [4.69, 9.17) is 0 Å². The Morgan fingerprint density at radius 2 is 0.865 bits per heavy atom. The number of carboxylic acids is 3. The summed E-state index contributed by atoms with van der Waals surface area (Å²) in [7, 11) is 0. The first kappa shape index (κ1) is 35.1. The molecule has 0 aliphatic rings. The van der Waals surface area contributed by atoms with Gasteiger partial charge in [0.1, 0.15) is 0 Å². The highest BCUT2D eigenvalue weighted by Gasteiger charge is 2.55. The van der Waals surface area contributed by atoms with Gasteiger partial charge in [0, 0.05) is 19.3 Å². The third kappa shape index (κ3) is 12.5. The molecule has 0 spiro atoms. The number of unbranched alkanes of at least 4 members (excludes halogenated alkanes) is 12. The van der Waals surface area contributed by atoms with Crippen LogP contribution in [0.2, 0.25) is 0 Å². The van der Waals surface area contributed by atoms with Crippen LogP contribution in [0.1, 0.15) is 137 Å². The SMILES string of the molecule is CCCCCCCCC/C=C/CCCCCCC[N+](C(CC)C(=O)O)(C(CC)C(=O)O)C(CC)C(=O)O. The van der Waals surface area contributed by atoms with E-state index in [9.17, 15) is 29.7 Å². The molecule has 3 N–H and O–H groups in total. The molecule has 0 aromatic rings. The van der Waals surface area contributed by atoms with Crippen molar-refractivity contribution in [2.75, 3.05) is 6.54 Å². The van der Waals surface area contributed by atoms with Gasteiger partial charge >= 0.3 is 17.9 Å². The standard InChI is InChI=1S/C30H55NO6/c1-5-9-10-11-12-13-14-15-16-17-18-19-20-21-22-23-24-31(25(6-2)28(32)33,26(7-3)29(34)35)27(8-4)30(36)37/h16-17,25-27H,5-15,18-24H2,1-4H3,(H2-,32,33,34,35,36,37)/p+1/b17-16+. The van der Waals surface area contributed by atoms with Gasteiger partial charge in [-0.25, -0.2) is 14.4 Å². The molecule has 7 nitrogen and oxygen atoms in total. The first-order valence-electron chi connectivity index (χ1n) is 14.9. The van der Waals surface area contributed by atoms with E-state index in [-0.39, 0.29) is 25.8 Å². The lowest BCUT2D eigenvalue weighted by atomic mass is 9.94. The van der Waals surface area contributed by atoms with E-state index in [2.05, 4.69) is 19.1 Å². The number of carboxylic acid groups (broad SMARTS) is 3. The van der Waals surface area contributed by atoms with E-state index in [1.807, 2.05) is 0 Å². The highest BCUT2D eigenvalue weighted by atomic mass is 16.4. The smallest absolute Gasteiger partial charge is 0.362 e. The maximum Gasteiger partial charge on any atom is 0.362 e. The minimum absolute atomic E-state index is 0.189. The number of nitrogens with zero attached hydrogens (tertiary/aromatic N) is 1. The fourth-order valence-electron chi connectivity index (χ4n) is 5.91. The van der Waals surface area contributed by atoms with Crippen LogP contribution in [0.3, 0.4) is 0 Å². The minimum Gasteiger partial charge on any atom is -0.477 e. The fourth-order valence-corrected chi connectivity index (χ4v) is 5.91. The summed E-state index contributed by atoms with van der Waals surface area (Å²) in [5, 5.41) is 30.0. The summed E-state index contributed by atoms with van der Waals surface area (Å²) in [6, 6.07) is -3.20. The Bertz CT molecular complexity index is 607. The third-order valence-corrected chi connectivity index (χ3v) is 7.81. The topological polar surface area (TPSA) is 112 Å². The molecule has 216 valence electrons. The van der Waals surface area contributed by atoms with Gasteiger partial charge in [0.25, 0.3) is 0 Å². The molecular weight excluding hydrogens is 470 g/mol. The van der Waals surface area contributed by atoms with Crippen LogP contribution in [0.25, 0.3) is 0 Å². The van der Waals surface area contributed by atoms with Crippen molar-refractivity contribution in [1.82, 2.24) is 0 Å². The molecule has 0 aromatic carbocycles. The predicted octanol–water partition coefficient (Wildman–Crippen LogP) is 7.43. The van der Waals surface area contributed by atoms with Gasteiger partial charge in [0.05, 0.1) is 6.54 Å². The quantitative estimate of drug-likeness (QED) is 0.0648. The average molecular weight is 527 g/mol. The van der Waals surface area contributed by atoms with Crippen LogP contribution in [-0.4, -0.2) is 62.4 Å². The van der Waals surface area contributed by atoms with Gasteiger partial charge in [-0.05, 0) is 38.5 Å². The van der Waals surface area contributed by atoms with Crippen molar-refractivity contribution in [1.29, 1.82) is 0 Å². The molecule has 0 saturated carbocycles. The maximum atomic E-state index is 12.2. The molecule has 0 amide bonds. The van der Waals surface area contributed by atoms with Gasteiger partial charge in [0.15, 0.2) is 18.1 Å². The zero-order valence-electron chi connectivity index (χ0n) is 24.1. The zero-order valence-corrected chi connectivity index (χ0v) is 24.1. The summed E-state index contributed by atoms with van der Waals surface area (Å²) >= 11 is 0. The molecule has 7 heteroatoms. The van der Waals surface area contributed by atoms with Crippen molar-refractivity contribution < 1.29 is 34.2 Å². The van der Waals surface area contributed by atoms with E-state index in [1.165, 1.54) is 44.9 Å². The summed E-state index contributed by atoms with van der Waals surface area (Å²) in [5.41, 5.74) is 0. The number of hydrogen-bond donors (Lipinski definition) is 3. The lowest BCUT2D eigenvalue weighted by Crippen LogP contribution is -2.72. The molecule has 0 rings (SSSR count). The van der Waals surface area contributed by atoms with Crippen LogP contribution in [0.4, 0.5) is 0 Å². The Kier molecular flexibility index (Phi) is 20.0. The Hall–Kier alpha value is -1.89. The Labute approximate surface area is 225 Å². The summed E-state index contributed by atoms with van der Waals surface area (Å²) in [6.07, 6.45) is 21.2. The van der Waals surface area contributed by atoms with Gasteiger partial charge in [-0.1, -0.05) is 91.2 Å². The fraction of sp³-hybridized carbons (Fsp3) is 0.833. The van der Waals surface area contributed by atoms with Crippen molar-refractivity contribution in [3.8, 4) is 0 Å². The number of aliphatic carboxylic acids is 3. The van der Waals surface area contributed by atoms with Gasteiger partial charge in [-0.2, -0.15) is 0 Å². The maximum absolute atomic E-state index is 12.2. The monoisotopic (exact) mass is 526 g/mol. The van der Waals surface area contributed by atoms with E-state index in [0.29, 0.717) is 6.42 Å². The number of carbonyl (C=O) groups is 3. The van der Waals surface area contributed by atoms with Crippen LogP contribution in [0.15, 0.2) is 12.2 Å². The molecule has 0 aromatic heterocycles. The van der Waals surface area contributed by atoms with Crippen LogP contribution >= 0.6 is 0 Å². The van der Waals surface area contributed by atoms with Gasteiger partial charge in [-0.3, -0.25) is 4.48 Å². The van der Waals surface area contributed by atoms with Crippen molar-refractivity contribution in [2.24, 2.45) is 0 Å². The lowest BCUT2D eigenvalue weighted by Gasteiger charge is -2.49. The molecule has 37 heavy (non-hydrogen) atoms. The van der Waals surface area contributed by atoms with Crippen LogP contribution in [0.5, 0.6) is 0 Å². The Morgan fingerprint density at radius 1 is 0.541 bits per heavy atom. The van der Waals surface area contributed by atoms with Gasteiger partial charge < -0.3 is 15.3 Å². The minimum atomic E-state index is -1.12. The first-order chi connectivity index (χ1) is 17.7. The number of allylic oxidation sites excluding steroid dienone is 2. The van der Waals surface area contributed by atoms with Crippen molar-refractivity contribution in [2.45, 2.75) is 155 Å². The summed E-state index contributed by atoms with van der Waals surface area (Å²) in [5.74, 6) is -3.36. The Balaban J connectivity index is 4.81. The second-order valence-corrected chi connectivity index (χ2v) is 10.4. The molecule has 3 unspecified atom stereocenters. The second kappa shape index (κ2) is 21.1. The molecule has 0 fully saturated rings. The molecular formula is C30H56NO6+. The largest absolute Gasteiger partial charge is 0.477 e. The van der Waals surface area contributed by atoms with Crippen LogP contribution < -0.4 is 0 Å². The molecule has 3 atom stereocenters. The lowest BCUT2D eigenvalue weighted by molar-refractivity contribution is -0.973. The van der Waals surface area contributed by atoms with Crippen LogP contribution in [0, 0.1) is 0 Å². The van der Waals surface area contributed by atoms with E-state index >= 15 is 0 Å². The van der Waals surface area contributed by atoms with Gasteiger partial charge in [-0.15, -0.1) is 0 Å². The summed E-state index contributed by atoms with van der Waals surface area (Å²) in [6.45, 7) is 7.60. The summed E-state index contributed by atoms with van der Waals surface area (Å²) in [4.78, 5) is 36.7.